The molecule has 0 unspecified atom stereocenters. The van der Waals surface area contributed by atoms with Crippen molar-refractivity contribution in [1.29, 1.82) is 0 Å². The topological polar surface area (TPSA) is 87.5 Å². The lowest BCUT2D eigenvalue weighted by Crippen LogP contribution is -2.32. The van der Waals surface area contributed by atoms with Crippen molar-refractivity contribution in [2.75, 3.05) is 32.1 Å². The van der Waals surface area contributed by atoms with E-state index in [1.165, 1.54) is 6.20 Å². The van der Waals surface area contributed by atoms with Crippen LogP contribution >= 0.6 is 11.6 Å². The van der Waals surface area contributed by atoms with Crippen LogP contribution < -0.4 is 10.9 Å². The summed E-state index contributed by atoms with van der Waals surface area (Å²) in [5.74, 6) is -0.113. The standard InChI is InChI=1S/C11H17ClN4O3/c1-3-15(2)9(18)7-13-8-6-14-16(4-5-17)11(19)10(8)12/h6,13,17H,3-5,7H2,1-2H3. The minimum atomic E-state index is -0.503. The minimum Gasteiger partial charge on any atom is -0.394 e. The maximum absolute atomic E-state index is 11.7. The van der Waals surface area contributed by atoms with Gasteiger partial charge in [0.25, 0.3) is 5.56 Å². The van der Waals surface area contributed by atoms with E-state index in [1.54, 1.807) is 11.9 Å². The van der Waals surface area contributed by atoms with Crippen molar-refractivity contribution in [1.82, 2.24) is 14.7 Å². The molecule has 19 heavy (non-hydrogen) atoms. The highest BCUT2D eigenvalue weighted by Crippen LogP contribution is 2.14. The average Bonchev–Trinajstić information content (AvgIpc) is 2.42. The zero-order chi connectivity index (χ0) is 14.4. The van der Waals surface area contributed by atoms with E-state index in [0.29, 0.717) is 12.2 Å². The molecule has 0 radical (unpaired) electrons. The summed E-state index contributed by atoms with van der Waals surface area (Å²) < 4.78 is 1.06. The first-order valence-electron chi connectivity index (χ1n) is 5.85. The Balaban J connectivity index is 2.78. The Hall–Kier alpha value is -1.60. The maximum atomic E-state index is 11.7. The fourth-order valence-corrected chi connectivity index (χ4v) is 1.54. The molecule has 1 amide bonds. The molecule has 0 bridgehead atoms. The summed E-state index contributed by atoms with van der Waals surface area (Å²) in [6.07, 6.45) is 1.36. The van der Waals surface area contributed by atoms with Crippen LogP contribution in [-0.2, 0) is 11.3 Å². The van der Waals surface area contributed by atoms with Crippen molar-refractivity contribution in [2.45, 2.75) is 13.5 Å². The Bertz CT molecular complexity index is 503. The van der Waals surface area contributed by atoms with Gasteiger partial charge in [-0.1, -0.05) is 11.6 Å². The fraction of sp³-hybridized carbons (Fsp3) is 0.545. The highest BCUT2D eigenvalue weighted by molar-refractivity contribution is 6.33. The molecular formula is C11H17ClN4O3. The molecule has 0 aliphatic heterocycles. The van der Waals surface area contributed by atoms with Crippen LogP contribution in [0.25, 0.3) is 0 Å². The van der Waals surface area contributed by atoms with E-state index >= 15 is 0 Å². The molecule has 1 heterocycles. The number of aromatic nitrogens is 2. The van der Waals surface area contributed by atoms with Crippen LogP contribution in [0.15, 0.2) is 11.0 Å². The number of hydrogen-bond donors (Lipinski definition) is 2. The van der Waals surface area contributed by atoms with Gasteiger partial charge in [-0.15, -0.1) is 0 Å². The molecule has 0 aromatic carbocycles. The predicted octanol–water partition coefficient (Wildman–Crippen LogP) is -0.221. The number of carbonyl (C=O) groups is 1. The molecule has 0 aliphatic carbocycles. The van der Waals surface area contributed by atoms with Crippen LogP contribution in [0.1, 0.15) is 6.92 Å². The van der Waals surface area contributed by atoms with Crippen molar-refractivity contribution in [3.05, 3.63) is 21.6 Å². The lowest BCUT2D eigenvalue weighted by molar-refractivity contribution is -0.127. The number of hydrogen-bond acceptors (Lipinski definition) is 5. The zero-order valence-electron chi connectivity index (χ0n) is 10.9. The lowest BCUT2D eigenvalue weighted by Gasteiger charge is -2.15. The van der Waals surface area contributed by atoms with Crippen molar-refractivity contribution < 1.29 is 9.90 Å². The van der Waals surface area contributed by atoms with Gasteiger partial charge in [-0.05, 0) is 6.92 Å². The number of halogens is 1. The number of anilines is 1. The molecule has 0 saturated carbocycles. The summed E-state index contributed by atoms with van der Waals surface area (Å²) in [4.78, 5) is 24.9. The van der Waals surface area contributed by atoms with Crippen LogP contribution in [0.3, 0.4) is 0 Å². The SMILES string of the molecule is CCN(C)C(=O)CNc1cnn(CCO)c(=O)c1Cl. The number of amides is 1. The van der Waals surface area contributed by atoms with Gasteiger partial charge in [-0.25, -0.2) is 4.68 Å². The van der Waals surface area contributed by atoms with E-state index < -0.39 is 5.56 Å². The Morgan fingerprint density at radius 3 is 2.89 bits per heavy atom. The molecule has 1 aromatic heterocycles. The van der Waals surface area contributed by atoms with E-state index in [-0.39, 0.29) is 30.6 Å². The molecule has 1 rings (SSSR count). The van der Waals surface area contributed by atoms with Gasteiger partial charge >= 0.3 is 0 Å². The molecule has 0 saturated heterocycles. The second-order valence-electron chi connectivity index (χ2n) is 3.89. The van der Waals surface area contributed by atoms with Crippen molar-refractivity contribution in [2.24, 2.45) is 0 Å². The third-order valence-corrected chi connectivity index (χ3v) is 2.99. The number of aliphatic hydroxyl groups is 1. The van der Waals surface area contributed by atoms with E-state index in [4.69, 9.17) is 16.7 Å². The average molecular weight is 289 g/mol. The third kappa shape index (κ3) is 3.93. The Kier molecular flexibility index (Phi) is 5.78. The van der Waals surface area contributed by atoms with E-state index in [0.717, 1.165) is 4.68 Å². The number of rotatable bonds is 6. The molecule has 0 fully saturated rings. The summed E-state index contributed by atoms with van der Waals surface area (Å²) in [7, 11) is 1.68. The van der Waals surface area contributed by atoms with E-state index in [1.807, 2.05) is 6.92 Å². The molecule has 7 nitrogen and oxygen atoms in total. The second kappa shape index (κ2) is 7.10. The number of carbonyl (C=O) groups excluding carboxylic acids is 1. The monoisotopic (exact) mass is 288 g/mol. The van der Waals surface area contributed by atoms with Gasteiger partial charge in [0.2, 0.25) is 5.91 Å². The van der Waals surface area contributed by atoms with Gasteiger partial charge in [0.15, 0.2) is 0 Å². The smallest absolute Gasteiger partial charge is 0.287 e. The highest BCUT2D eigenvalue weighted by atomic mass is 35.5. The normalized spacial score (nSPS) is 10.3. The summed E-state index contributed by atoms with van der Waals surface area (Å²) in [5.41, 5.74) is -0.198. The van der Waals surface area contributed by atoms with Crippen LogP contribution in [0, 0.1) is 0 Å². The lowest BCUT2D eigenvalue weighted by atomic mass is 10.4. The fourth-order valence-electron chi connectivity index (χ4n) is 1.32. The quantitative estimate of drug-likeness (QED) is 0.756. The summed E-state index contributed by atoms with van der Waals surface area (Å²) >= 11 is 5.89. The molecule has 0 spiro atoms. The molecule has 8 heteroatoms. The number of likely N-dealkylation sites (N-methyl/N-ethyl adjacent to an activating group) is 1. The van der Waals surface area contributed by atoms with Gasteiger partial charge in [-0.2, -0.15) is 5.10 Å². The van der Waals surface area contributed by atoms with Gasteiger partial charge < -0.3 is 15.3 Å². The molecule has 0 aliphatic rings. The summed E-state index contributed by atoms with van der Waals surface area (Å²) in [5, 5.41) is 15.3. The van der Waals surface area contributed by atoms with Gasteiger partial charge in [-0.3, -0.25) is 9.59 Å². The molecule has 2 N–H and O–H groups in total. The largest absolute Gasteiger partial charge is 0.394 e. The maximum Gasteiger partial charge on any atom is 0.287 e. The first-order valence-corrected chi connectivity index (χ1v) is 6.23. The van der Waals surface area contributed by atoms with E-state index in [9.17, 15) is 9.59 Å². The first-order chi connectivity index (χ1) is 9.01. The third-order valence-electron chi connectivity index (χ3n) is 2.63. The van der Waals surface area contributed by atoms with Gasteiger partial charge in [0.05, 0.1) is 31.6 Å². The number of aliphatic hydroxyl groups excluding tert-OH is 1. The van der Waals surface area contributed by atoms with Crippen LogP contribution in [0.5, 0.6) is 0 Å². The Morgan fingerprint density at radius 2 is 2.32 bits per heavy atom. The Morgan fingerprint density at radius 1 is 1.63 bits per heavy atom. The van der Waals surface area contributed by atoms with Crippen molar-refractivity contribution in [3.8, 4) is 0 Å². The van der Waals surface area contributed by atoms with Crippen LogP contribution in [0.4, 0.5) is 5.69 Å². The van der Waals surface area contributed by atoms with Crippen molar-refractivity contribution >= 4 is 23.2 Å². The summed E-state index contributed by atoms with van der Waals surface area (Å²) in [6, 6.07) is 0. The summed E-state index contributed by atoms with van der Waals surface area (Å²) in [6.45, 7) is 2.38. The second-order valence-corrected chi connectivity index (χ2v) is 4.26. The molecule has 106 valence electrons. The number of nitrogens with zero attached hydrogens (tertiary/aromatic N) is 3. The van der Waals surface area contributed by atoms with Crippen LogP contribution in [-0.4, -0.2) is 52.4 Å². The van der Waals surface area contributed by atoms with E-state index in [2.05, 4.69) is 10.4 Å². The van der Waals surface area contributed by atoms with Gasteiger partial charge in [0.1, 0.15) is 5.02 Å². The molecular weight excluding hydrogens is 272 g/mol. The first kappa shape index (κ1) is 15.5. The molecule has 0 atom stereocenters. The zero-order valence-corrected chi connectivity index (χ0v) is 11.6. The Labute approximate surface area is 115 Å². The number of nitrogens with one attached hydrogen (secondary N) is 1. The molecule has 1 aromatic rings. The highest BCUT2D eigenvalue weighted by Gasteiger charge is 2.11. The minimum absolute atomic E-state index is 0.0369. The van der Waals surface area contributed by atoms with Gasteiger partial charge in [0, 0.05) is 13.6 Å². The van der Waals surface area contributed by atoms with Crippen LogP contribution in [0.2, 0.25) is 5.02 Å². The van der Waals surface area contributed by atoms with Crippen molar-refractivity contribution in [3.63, 3.8) is 0 Å². The predicted molar refractivity (Wildman–Crippen MR) is 72.4 cm³/mol.